The van der Waals surface area contributed by atoms with Gasteiger partial charge in [-0.05, 0) is 36.1 Å². The van der Waals surface area contributed by atoms with E-state index in [4.69, 9.17) is 4.98 Å². The average Bonchev–Trinajstić information content (AvgIpc) is 3.48. The number of amides is 1. The number of allylic oxidation sites excluding steroid dienone is 2. The second kappa shape index (κ2) is 8.81. The zero-order chi connectivity index (χ0) is 21.0. The quantitative estimate of drug-likeness (QED) is 0.464. The SMILES string of the molecule is O=C(NCc1ccc(Cn2cncn2)cc1)[C@@H]1CC=CC[C@@H]1c1nc2ccccc2s1. The van der Waals surface area contributed by atoms with Gasteiger partial charge in [0, 0.05) is 12.5 Å². The molecule has 1 amide bonds. The van der Waals surface area contributed by atoms with E-state index in [1.807, 2.05) is 18.2 Å². The fourth-order valence-corrected chi connectivity index (χ4v) is 5.16. The molecule has 1 N–H and O–H groups in total. The van der Waals surface area contributed by atoms with Gasteiger partial charge in [0.15, 0.2) is 0 Å². The van der Waals surface area contributed by atoms with Gasteiger partial charge in [-0.2, -0.15) is 5.10 Å². The minimum absolute atomic E-state index is 0.0860. The van der Waals surface area contributed by atoms with Crippen LogP contribution in [0.1, 0.15) is 34.9 Å². The lowest BCUT2D eigenvalue weighted by atomic mass is 9.82. The number of aromatic nitrogens is 4. The number of nitrogens with zero attached hydrogens (tertiary/aromatic N) is 4. The smallest absolute Gasteiger partial charge is 0.224 e. The van der Waals surface area contributed by atoms with Crippen LogP contribution in [0.4, 0.5) is 0 Å². The standard InChI is InChI=1S/C24H23N5OS/c30-23(26-13-17-9-11-18(12-10-17)14-29-16-25-15-27-29)19-5-1-2-6-20(19)24-28-21-7-3-4-8-22(21)31-24/h1-4,7-12,15-16,19-20H,5-6,13-14H2,(H,26,30)/t19-,20+/m1/s1. The third kappa shape index (κ3) is 4.41. The summed E-state index contributed by atoms with van der Waals surface area (Å²) in [5, 5.41) is 8.33. The molecule has 2 atom stereocenters. The van der Waals surface area contributed by atoms with Crippen LogP contribution in [0.5, 0.6) is 0 Å². The molecule has 0 saturated carbocycles. The van der Waals surface area contributed by atoms with Crippen LogP contribution in [0, 0.1) is 5.92 Å². The highest BCUT2D eigenvalue weighted by Crippen LogP contribution is 2.38. The second-order valence-corrected chi connectivity index (χ2v) is 8.87. The molecule has 1 aliphatic carbocycles. The molecule has 1 aliphatic rings. The number of carbonyl (C=O) groups is 1. The molecule has 0 spiro atoms. The Morgan fingerprint density at radius 2 is 1.87 bits per heavy atom. The predicted octanol–water partition coefficient (Wildman–Crippen LogP) is 4.30. The highest BCUT2D eigenvalue weighted by Gasteiger charge is 2.32. The van der Waals surface area contributed by atoms with Crippen LogP contribution in [0.25, 0.3) is 10.2 Å². The summed E-state index contributed by atoms with van der Waals surface area (Å²) in [6.07, 6.45) is 9.14. The van der Waals surface area contributed by atoms with Gasteiger partial charge in [0.1, 0.15) is 12.7 Å². The van der Waals surface area contributed by atoms with Crippen molar-refractivity contribution in [3.63, 3.8) is 0 Å². The first-order chi connectivity index (χ1) is 15.3. The monoisotopic (exact) mass is 429 g/mol. The third-order valence-electron chi connectivity index (χ3n) is 5.70. The molecule has 2 aromatic heterocycles. The number of fused-ring (bicyclic) bond motifs is 1. The molecule has 2 heterocycles. The molecule has 0 bridgehead atoms. The molecule has 0 fully saturated rings. The van der Waals surface area contributed by atoms with E-state index in [9.17, 15) is 4.79 Å². The maximum Gasteiger partial charge on any atom is 0.224 e. The maximum atomic E-state index is 13.1. The number of nitrogens with one attached hydrogen (secondary N) is 1. The predicted molar refractivity (Wildman–Crippen MR) is 122 cm³/mol. The summed E-state index contributed by atoms with van der Waals surface area (Å²) in [5.41, 5.74) is 3.25. The van der Waals surface area contributed by atoms with E-state index in [0.717, 1.165) is 34.5 Å². The molecular weight excluding hydrogens is 406 g/mol. The number of thiazole rings is 1. The van der Waals surface area contributed by atoms with Gasteiger partial charge in [-0.1, -0.05) is 48.6 Å². The summed E-state index contributed by atoms with van der Waals surface area (Å²) in [6, 6.07) is 16.4. The Hall–Kier alpha value is -3.32. The summed E-state index contributed by atoms with van der Waals surface area (Å²) in [7, 11) is 0. The minimum atomic E-state index is -0.0860. The van der Waals surface area contributed by atoms with Gasteiger partial charge >= 0.3 is 0 Å². The third-order valence-corrected chi connectivity index (χ3v) is 6.87. The first-order valence-electron chi connectivity index (χ1n) is 10.4. The van der Waals surface area contributed by atoms with Gasteiger partial charge in [-0.15, -0.1) is 11.3 Å². The molecule has 156 valence electrons. The number of para-hydroxylation sites is 1. The zero-order valence-corrected chi connectivity index (χ0v) is 17.8. The Bertz CT molecular complexity index is 1160. The summed E-state index contributed by atoms with van der Waals surface area (Å²) >= 11 is 1.71. The van der Waals surface area contributed by atoms with E-state index in [1.54, 1.807) is 22.3 Å². The van der Waals surface area contributed by atoms with Crippen LogP contribution < -0.4 is 5.32 Å². The van der Waals surface area contributed by atoms with Crippen molar-refractivity contribution in [1.82, 2.24) is 25.1 Å². The van der Waals surface area contributed by atoms with Crippen molar-refractivity contribution in [2.24, 2.45) is 5.92 Å². The number of hydrogen-bond acceptors (Lipinski definition) is 5. The first-order valence-corrected chi connectivity index (χ1v) is 11.3. The van der Waals surface area contributed by atoms with Crippen molar-refractivity contribution < 1.29 is 4.79 Å². The molecule has 0 unspecified atom stereocenters. The number of benzene rings is 2. The van der Waals surface area contributed by atoms with E-state index in [2.05, 4.69) is 57.9 Å². The fraction of sp³-hybridized carbons (Fsp3) is 0.250. The van der Waals surface area contributed by atoms with Crippen LogP contribution in [0.15, 0.2) is 73.3 Å². The number of hydrogen-bond donors (Lipinski definition) is 1. The van der Waals surface area contributed by atoms with E-state index in [-0.39, 0.29) is 17.7 Å². The molecular formula is C24H23N5OS. The van der Waals surface area contributed by atoms with Gasteiger partial charge in [-0.25, -0.2) is 14.6 Å². The molecule has 4 aromatic rings. The van der Waals surface area contributed by atoms with Gasteiger partial charge in [0.05, 0.1) is 27.7 Å². The zero-order valence-electron chi connectivity index (χ0n) is 17.0. The van der Waals surface area contributed by atoms with Crippen molar-refractivity contribution in [3.05, 3.63) is 89.5 Å². The minimum Gasteiger partial charge on any atom is -0.352 e. The van der Waals surface area contributed by atoms with Gasteiger partial charge in [-0.3, -0.25) is 4.79 Å². The van der Waals surface area contributed by atoms with Crippen molar-refractivity contribution in [1.29, 1.82) is 0 Å². The number of carbonyl (C=O) groups excluding carboxylic acids is 1. The average molecular weight is 430 g/mol. The van der Waals surface area contributed by atoms with E-state index in [1.165, 1.54) is 11.0 Å². The molecule has 0 aliphatic heterocycles. The molecule has 31 heavy (non-hydrogen) atoms. The lowest BCUT2D eigenvalue weighted by Crippen LogP contribution is -2.34. The van der Waals surface area contributed by atoms with E-state index >= 15 is 0 Å². The molecule has 5 rings (SSSR count). The lowest BCUT2D eigenvalue weighted by Gasteiger charge is -2.26. The molecule has 6 nitrogen and oxygen atoms in total. The van der Waals surface area contributed by atoms with Gasteiger partial charge in [0.2, 0.25) is 5.91 Å². The van der Waals surface area contributed by atoms with Crippen LogP contribution in [0.2, 0.25) is 0 Å². The summed E-state index contributed by atoms with van der Waals surface area (Å²) in [5.74, 6) is 0.143. The Morgan fingerprint density at radius 1 is 1.06 bits per heavy atom. The second-order valence-electron chi connectivity index (χ2n) is 7.80. The van der Waals surface area contributed by atoms with Crippen molar-refractivity contribution in [2.45, 2.75) is 31.8 Å². The lowest BCUT2D eigenvalue weighted by molar-refractivity contribution is -0.125. The van der Waals surface area contributed by atoms with Gasteiger partial charge in [0.25, 0.3) is 0 Å². The van der Waals surface area contributed by atoms with Gasteiger partial charge < -0.3 is 5.32 Å². The van der Waals surface area contributed by atoms with Crippen molar-refractivity contribution >= 4 is 27.5 Å². The van der Waals surface area contributed by atoms with E-state index < -0.39 is 0 Å². The largest absolute Gasteiger partial charge is 0.352 e. The van der Waals surface area contributed by atoms with Crippen molar-refractivity contribution in [3.8, 4) is 0 Å². The highest BCUT2D eigenvalue weighted by molar-refractivity contribution is 7.18. The summed E-state index contributed by atoms with van der Waals surface area (Å²) < 4.78 is 2.97. The fourth-order valence-electron chi connectivity index (χ4n) is 4.01. The Labute approximate surface area is 184 Å². The molecule has 7 heteroatoms. The molecule has 0 radical (unpaired) electrons. The highest BCUT2D eigenvalue weighted by atomic mass is 32.1. The van der Waals surface area contributed by atoms with Crippen LogP contribution >= 0.6 is 11.3 Å². The molecule has 2 aromatic carbocycles. The Kier molecular flexibility index (Phi) is 5.58. The van der Waals surface area contributed by atoms with Crippen LogP contribution in [0.3, 0.4) is 0 Å². The Balaban J connectivity index is 1.24. The maximum absolute atomic E-state index is 13.1. The molecule has 0 saturated heterocycles. The normalized spacial score (nSPS) is 18.3. The van der Waals surface area contributed by atoms with Crippen LogP contribution in [-0.2, 0) is 17.9 Å². The van der Waals surface area contributed by atoms with E-state index in [0.29, 0.717) is 13.1 Å². The first kappa shape index (κ1) is 19.6. The Morgan fingerprint density at radius 3 is 2.68 bits per heavy atom. The number of rotatable bonds is 6. The topological polar surface area (TPSA) is 72.7 Å². The summed E-state index contributed by atoms with van der Waals surface area (Å²) in [6.45, 7) is 1.21. The summed E-state index contributed by atoms with van der Waals surface area (Å²) in [4.78, 5) is 21.8. The van der Waals surface area contributed by atoms with Crippen molar-refractivity contribution in [2.75, 3.05) is 0 Å². The van der Waals surface area contributed by atoms with Crippen LogP contribution in [-0.4, -0.2) is 25.7 Å².